The molecule has 1 atom stereocenters. The van der Waals surface area contributed by atoms with Gasteiger partial charge in [-0.1, -0.05) is 18.2 Å². The van der Waals surface area contributed by atoms with Crippen LogP contribution in [0.2, 0.25) is 0 Å². The molecule has 1 amide bonds. The van der Waals surface area contributed by atoms with Crippen molar-refractivity contribution in [2.45, 2.75) is 27.0 Å². The first-order valence-electron chi connectivity index (χ1n) is 10.2. The Kier molecular flexibility index (Phi) is 5.84. The Balaban J connectivity index is 1.89. The fourth-order valence-electron chi connectivity index (χ4n) is 3.67. The number of rotatable bonds is 5. The van der Waals surface area contributed by atoms with E-state index < -0.39 is 23.0 Å². The molecule has 1 aliphatic heterocycles. The SMILES string of the molecule is COc1cc([N+](=O)[O-])cc(C2=NN(C(C)=O)C(c3cc(C)nc4ccccc34)O2)c1OC(C)=O. The number of carbonyl (C=O) groups is 2. The van der Waals surface area contributed by atoms with Gasteiger partial charge in [0.2, 0.25) is 18.0 Å². The lowest BCUT2D eigenvalue weighted by Crippen LogP contribution is -2.25. The van der Waals surface area contributed by atoms with Crippen LogP contribution < -0.4 is 9.47 Å². The van der Waals surface area contributed by atoms with Crippen LogP contribution in [-0.2, 0) is 14.3 Å². The predicted octanol–water partition coefficient (Wildman–Crippen LogP) is 3.62. The highest BCUT2D eigenvalue weighted by atomic mass is 16.6. The second kappa shape index (κ2) is 8.77. The number of ether oxygens (including phenoxy) is 3. The van der Waals surface area contributed by atoms with Crippen LogP contribution in [0.15, 0.2) is 47.6 Å². The number of hydrazone groups is 1. The fraction of sp³-hybridized carbons (Fsp3) is 0.217. The molecule has 11 heteroatoms. The van der Waals surface area contributed by atoms with E-state index in [2.05, 4.69) is 10.1 Å². The number of nitro groups is 1. The summed E-state index contributed by atoms with van der Waals surface area (Å²) in [6.45, 7) is 4.31. The highest BCUT2D eigenvalue weighted by Gasteiger charge is 2.37. The lowest BCUT2D eigenvalue weighted by Gasteiger charge is -2.21. The monoisotopic (exact) mass is 464 g/mol. The molecule has 174 valence electrons. The molecule has 34 heavy (non-hydrogen) atoms. The van der Waals surface area contributed by atoms with E-state index in [-0.39, 0.29) is 28.6 Å². The number of carbonyl (C=O) groups excluding carboxylic acids is 2. The van der Waals surface area contributed by atoms with E-state index in [9.17, 15) is 19.7 Å². The quantitative estimate of drug-likeness (QED) is 0.242. The van der Waals surface area contributed by atoms with Crippen molar-refractivity contribution >= 4 is 34.4 Å². The maximum absolute atomic E-state index is 12.5. The molecule has 2 aromatic carbocycles. The van der Waals surface area contributed by atoms with Gasteiger partial charge in [0.15, 0.2) is 11.5 Å². The number of pyridine rings is 1. The summed E-state index contributed by atoms with van der Waals surface area (Å²) < 4.78 is 16.6. The molecule has 0 aliphatic carbocycles. The molecular formula is C23H20N4O7. The van der Waals surface area contributed by atoms with Gasteiger partial charge in [0.25, 0.3) is 5.69 Å². The van der Waals surface area contributed by atoms with Crippen LogP contribution in [-0.4, -0.2) is 39.8 Å². The third-order valence-corrected chi connectivity index (χ3v) is 5.06. The Morgan fingerprint density at radius 2 is 1.91 bits per heavy atom. The molecule has 1 aliphatic rings. The zero-order valence-electron chi connectivity index (χ0n) is 18.8. The van der Waals surface area contributed by atoms with E-state index in [0.717, 1.165) is 22.5 Å². The molecule has 0 saturated carbocycles. The van der Waals surface area contributed by atoms with Crippen LogP contribution in [0, 0.1) is 17.0 Å². The van der Waals surface area contributed by atoms with Crippen LogP contribution in [0.5, 0.6) is 11.5 Å². The fourth-order valence-corrected chi connectivity index (χ4v) is 3.67. The van der Waals surface area contributed by atoms with E-state index in [0.29, 0.717) is 16.8 Å². The minimum atomic E-state index is -0.977. The van der Waals surface area contributed by atoms with E-state index in [4.69, 9.17) is 14.2 Å². The lowest BCUT2D eigenvalue weighted by atomic mass is 10.1. The van der Waals surface area contributed by atoms with Gasteiger partial charge in [-0.2, -0.15) is 5.01 Å². The molecule has 1 unspecified atom stereocenters. The zero-order valence-corrected chi connectivity index (χ0v) is 18.8. The number of hydrogen-bond acceptors (Lipinski definition) is 9. The minimum absolute atomic E-state index is 0.00918. The molecule has 0 saturated heterocycles. The summed E-state index contributed by atoms with van der Waals surface area (Å²) in [5.74, 6) is -1.42. The molecule has 0 bridgehead atoms. The number of methoxy groups -OCH3 is 1. The van der Waals surface area contributed by atoms with Crippen molar-refractivity contribution in [3.63, 3.8) is 0 Å². The van der Waals surface area contributed by atoms with Crippen molar-refractivity contribution in [1.29, 1.82) is 0 Å². The van der Waals surface area contributed by atoms with Crippen LogP contribution in [0.3, 0.4) is 0 Å². The van der Waals surface area contributed by atoms with Gasteiger partial charge < -0.3 is 14.2 Å². The first-order chi connectivity index (χ1) is 16.2. The summed E-state index contributed by atoms with van der Waals surface area (Å²) in [6, 6.07) is 11.4. The molecule has 2 heterocycles. The summed E-state index contributed by atoms with van der Waals surface area (Å²) in [5, 5.41) is 17.7. The van der Waals surface area contributed by atoms with Gasteiger partial charge in [0.1, 0.15) is 0 Å². The molecule has 1 aromatic heterocycles. The Morgan fingerprint density at radius 3 is 2.56 bits per heavy atom. The molecular weight excluding hydrogens is 444 g/mol. The number of fused-ring (bicyclic) bond motifs is 1. The van der Waals surface area contributed by atoms with Crippen LogP contribution in [0.1, 0.15) is 36.9 Å². The Hall–Kier alpha value is -4.54. The van der Waals surface area contributed by atoms with Gasteiger partial charge in [0, 0.05) is 36.6 Å². The lowest BCUT2D eigenvalue weighted by molar-refractivity contribution is -0.385. The summed E-state index contributed by atoms with van der Waals surface area (Å²) in [6.07, 6.45) is -0.977. The highest BCUT2D eigenvalue weighted by molar-refractivity contribution is 6.01. The molecule has 0 N–H and O–H groups in total. The van der Waals surface area contributed by atoms with E-state index >= 15 is 0 Å². The average molecular weight is 464 g/mol. The van der Waals surface area contributed by atoms with Crippen LogP contribution >= 0.6 is 0 Å². The predicted molar refractivity (Wildman–Crippen MR) is 120 cm³/mol. The summed E-state index contributed by atoms with van der Waals surface area (Å²) in [5.41, 5.74) is 1.69. The number of nitro benzene ring substituents is 1. The number of para-hydroxylation sites is 1. The largest absolute Gasteiger partial charge is 0.493 e. The third-order valence-electron chi connectivity index (χ3n) is 5.06. The smallest absolute Gasteiger partial charge is 0.308 e. The maximum Gasteiger partial charge on any atom is 0.308 e. The zero-order chi connectivity index (χ0) is 24.6. The van der Waals surface area contributed by atoms with Gasteiger partial charge >= 0.3 is 5.97 Å². The second-order valence-electron chi connectivity index (χ2n) is 7.48. The van der Waals surface area contributed by atoms with Gasteiger partial charge in [-0.3, -0.25) is 24.7 Å². The van der Waals surface area contributed by atoms with Gasteiger partial charge in [-0.05, 0) is 19.1 Å². The second-order valence-corrected chi connectivity index (χ2v) is 7.48. The topological polar surface area (TPSA) is 133 Å². The number of benzene rings is 2. The van der Waals surface area contributed by atoms with Gasteiger partial charge in [-0.25, -0.2) is 0 Å². The number of esters is 1. The molecule has 0 radical (unpaired) electrons. The Bertz CT molecular complexity index is 1370. The Morgan fingerprint density at radius 1 is 1.18 bits per heavy atom. The number of nitrogens with zero attached hydrogens (tertiary/aromatic N) is 4. The van der Waals surface area contributed by atoms with Crippen molar-refractivity contribution in [2.75, 3.05) is 7.11 Å². The number of aryl methyl sites for hydroxylation is 1. The number of non-ortho nitro benzene ring substituents is 1. The van der Waals surface area contributed by atoms with E-state index in [1.807, 2.05) is 31.2 Å². The van der Waals surface area contributed by atoms with Crippen LogP contribution in [0.25, 0.3) is 10.9 Å². The Labute approximate surface area is 193 Å². The van der Waals surface area contributed by atoms with Crippen molar-refractivity contribution in [1.82, 2.24) is 9.99 Å². The molecule has 0 fully saturated rings. The molecule has 3 aromatic rings. The van der Waals surface area contributed by atoms with Crippen molar-refractivity contribution < 1.29 is 28.7 Å². The first kappa shape index (κ1) is 22.6. The average Bonchev–Trinajstić information content (AvgIpc) is 3.23. The highest BCUT2D eigenvalue weighted by Crippen LogP contribution is 2.41. The number of amides is 1. The minimum Gasteiger partial charge on any atom is -0.493 e. The van der Waals surface area contributed by atoms with Crippen LogP contribution in [0.4, 0.5) is 5.69 Å². The maximum atomic E-state index is 12.5. The van der Waals surface area contributed by atoms with Gasteiger partial charge in [-0.15, -0.1) is 5.10 Å². The first-order valence-corrected chi connectivity index (χ1v) is 10.2. The molecule has 11 nitrogen and oxygen atoms in total. The van der Waals surface area contributed by atoms with Crippen molar-refractivity contribution in [3.8, 4) is 11.5 Å². The normalized spacial score (nSPS) is 15.0. The van der Waals surface area contributed by atoms with Crippen molar-refractivity contribution in [2.24, 2.45) is 5.10 Å². The van der Waals surface area contributed by atoms with E-state index in [1.54, 1.807) is 6.07 Å². The standard InChI is InChI=1S/C23H20N4O7/c1-12-9-17(16-7-5-6-8-19(16)24-12)23-26(13(2)28)25-22(34-23)18-10-15(27(30)31)11-20(32-4)21(18)33-14(3)29/h5-11,23H,1-4H3. The number of hydrogen-bond donors (Lipinski definition) is 0. The summed E-state index contributed by atoms with van der Waals surface area (Å²) in [7, 11) is 1.28. The number of aromatic nitrogens is 1. The summed E-state index contributed by atoms with van der Waals surface area (Å²) >= 11 is 0. The third kappa shape index (κ3) is 4.10. The molecule has 0 spiro atoms. The summed E-state index contributed by atoms with van der Waals surface area (Å²) in [4.78, 5) is 39.6. The van der Waals surface area contributed by atoms with Crippen molar-refractivity contribution in [3.05, 3.63) is 69.4 Å². The molecule has 4 rings (SSSR count). The van der Waals surface area contributed by atoms with Gasteiger partial charge in [0.05, 0.1) is 29.2 Å². The van der Waals surface area contributed by atoms with E-state index in [1.165, 1.54) is 21.0 Å².